The predicted octanol–water partition coefficient (Wildman–Crippen LogP) is 2.93. The van der Waals surface area contributed by atoms with Crippen LogP contribution < -0.4 is 0 Å². The summed E-state index contributed by atoms with van der Waals surface area (Å²) in [6, 6.07) is 18.6. The molecule has 0 bridgehead atoms. The van der Waals surface area contributed by atoms with E-state index in [1.54, 1.807) is 0 Å². The Labute approximate surface area is 71.5 Å². The summed E-state index contributed by atoms with van der Waals surface area (Å²) in [4.78, 5) is 0. The van der Waals surface area contributed by atoms with Crippen LogP contribution in [-0.4, -0.2) is 0 Å². The minimum Gasteiger partial charge on any atom is -0.0616 e. The summed E-state index contributed by atoms with van der Waals surface area (Å²) < 4.78 is 0. The van der Waals surface area contributed by atoms with Gasteiger partial charge in [0.25, 0.3) is 0 Å². The van der Waals surface area contributed by atoms with Gasteiger partial charge >= 0.3 is 0 Å². The van der Waals surface area contributed by atoms with Crippen molar-refractivity contribution in [3.05, 3.63) is 48.5 Å². The maximum absolute atomic E-state index is 3.21. The molecular weight excluding hydrogens is 144 g/mol. The van der Waals surface area contributed by atoms with E-state index in [1.165, 1.54) is 22.3 Å². The van der Waals surface area contributed by atoms with E-state index in [0.29, 0.717) is 0 Å². The molecule has 0 aromatic heterocycles. The molecule has 1 aliphatic carbocycles. The Morgan fingerprint density at radius 2 is 1.25 bits per heavy atom. The van der Waals surface area contributed by atoms with E-state index in [0.717, 1.165) is 0 Å². The van der Waals surface area contributed by atoms with Gasteiger partial charge in [0, 0.05) is 0 Å². The number of hydrogen-bond donors (Lipinski definition) is 0. The van der Waals surface area contributed by atoms with Crippen LogP contribution in [0.4, 0.5) is 0 Å². The van der Waals surface area contributed by atoms with E-state index in [9.17, 15) is 0 Å². The highest BCUT2D eigenvalue weighted by atomic mass is 14.2. The van der Waals surface area contributed by atoms with Crippen LogP contribution in [0.1, 0.15) is 0 Å². The van der Waals surface area contributed by atoms with Crippen LogP contribution in [0.3, 0.4) is 0 Å². The number of benzene rings is 2. The lowest BCUT2D eigenvalue weighted by atomic mass is 9.81. The Balaban J connectivity index is 2.34. The monoisotopic (exact) mass is 150 g/mol. The highest BCUT2D eigenvalue weighted by Crippen LogP contribution is 2.45. The third-order valence-electron chi connectivity index (χ3n) is 2.25. The molecular formula is C12H6. The topological polar surface area (TPSA) is 0 Å². The minimum absolute atomic E-state index is 1.22. The SMILES string of the molecule is [c]1cc[c]c2c1-c1ccccc1-2. The van der Waals surface area contributed by atoms with Crippen LogP contribution in [0.5, 0.6) is 0 Å². The molecule has 54 valence electrons. The van der Waals surface area contributed by atoms with Crippen LogP contribution in [0.15, 0.2) is 36.4 Å². The van der Waals surface area contributed by atoms with Gasteiger partial charge in [-0.15, -0.1) is 0 Å². The molecule has 2 radical (unpaired) electrons. The van der Waals surface area contributed by atoms with Gasteiger partial charge in [0.15, 0.2) is 0 Å². The van der Waals surface area contributed by atoms with Gasteiger partial charge in [-0.2, -0.15) is 0 Å². The lowest BCUT2D eigenvalue weighted by Crippen LogP contribution is -1.97. The smallest absolute Gasteiger partial charge is 0.00139 e. The maximum atomic E-state index is 3.21. The van der Waals surface area contributed by atoms with E-state index in [-0.39, 0.29) is 0 Å². The molecule has 0 saturated carbocycles. The Kier molecular flexibility index (Phi) is 0.991. The third-order valence-corrected chi connectivity index (χ3v) is 2.25. The van der Waals surface area contributed by atoms with Gasteiger partial charge in [-0.1, -0.05) is 36.4 Å². The second-order valence-electron chi connectivity index (χ2n) is 2.92. The summed E-state index contributed by atoms with van der Waals surface area (Å²) >= 11 is 0. The maximum Gasteiger partial charge on any atom is -0.00139 e. The molecule has 0 spiro atoms. The molecule has 0 saturated heterocycles. The van der Waals surface area contributed by atoms with Crippen LogP contribution in [0.2, 0.25) is 0 Å². The fourth-order valence-corrected chi connectivity index (χ4v) is 1.68. The van der Waals surface area contributed by atoms with Gasteiger partial charge in [-0.3, -0.25) is 0 Å². The summed E-state index contributed by atoms with van der Waals surface area (Å²) in [6.45, 7) is 0. The Morgan fingerprint density at radius 3 is 1.75 bits per heavy atom. The van der Waals surface area contributed by atoms with Crippen molar-refractivity contribution in [2.75, 3.05) is 0 Å². The van der Waals surface area contributed by atoms with Crippen molar-refractivity contribution in [2.45, 2.75) is 0 Å². The lowest BCUT2D eigenvalue weighted by Gasteiger charge is -2.22. The number of hydrogen-bond acceptors (Lipinski definition) is 0. The first kappa shape index (κ1) is 6.01. The van der Waals surface area contributed by atoms with Crippen molar-refractivity contribution < 1.29 is 0 Å². The molecule has 0 heteroatoms. The summed E-state index contributed by atoms with van der Waals surface area (Å²) in [5.41, 5.74) is 5.05. The minimum atomic E-state index is 1.22. The largest absolute Gasteiger partial charge is 0.0616 e. The normalized spacial score (nSPS) is 11.3. The van der Waals surface area contributed by atoms with Crippen LogP contribution >= 0.6 is 0 Å². The number of fused-ring (bicyclic) bond motifs is 4. The van der Waals surface area contributed by atoms with E-state index in [1.807, 2.05) is 12.1 Å². The van der Waals surface area contributed by atoms with E-state index >= 15 is 0 Å². The van der Waals surface area contributed by atoms with Gasteiger partial charge in [-0.25, -0.2) is 0 Å². The van der Waals surface area contributed by atoms with Crippen LogP contribution in [-0.2, 0) is 0 Å². The van der Waals surface area contributed by atoms with Gasteiger partial charge < -0.3 is 0 Å². The fourth-order valence-electron chi connectivity index (χ4n) is 1.68. The number of rotatable bonds is 0. The second-order valence-corrected chi connectivity index (χ2v) is 2.92. The molecule has 0 fully saturated rings. The highest BCUT2D eigenvalue weighted by molar-refractivity contribution is 6.01. The van der Waals surface area contributed by atoms with Gasteiger partial charge in [-0.05, 0) is 34.4 Å². The first-order valence-corrected chi connectivity index (χ1v) is 3.99. The van der Waals surface area contributed by atoms with Crippen molar-refractivity contribution >= 4 is 0 Å². The average Bonchev–Trinajstić information content (AvgIpc) is 2.14. The van der Waals surface area contributed by atoms with Crippen LogP contribution in [0, 0.1) is 12.1 Å². The summed E-state index contributed by atoms with van der Waals surface area (Å²) in [5.74, 6) is 0. The van der Waals surface area contributed by atoms with Crippen molar-refractivity contribution in [3.8, 4) is 22.3 Å². The first-order chi connectivity index (χ1) is 5.97. The Hall–Kier alpha value is -1.56. The highest BCUT2D eigenvalue weighted by Gasteiger charge is 2.20. The second kappa shape index (κ2) is 1.98. The van der Waals surface area contributed by atoms with Crippen molar-refractivity contribution in [1.82, 2.24) is 0 Å². The molecule has 0 N–H and O–H groups in total. The van der Waals surface area contributed by atoms with Gasteiger partial charge in [0.05, 0.1) is 0 Å². The molecule has 0 heterocycles. The summed E-state index contributed by atoms with van der Waals surface area (Å²) in [6.07, 6.45) is 0. The molecule has 2 aromatic carbocycles. The molecule has 3 rings (SSSR count). The predicted molar refractivity (Wildman–Crippen MR) is 48.5 cm³/mol. The fraction of sp³-hybridized carbons (Fsp3) is 0. The standard InChI is InChI=1S/C12H6/c1-2-6-10-9(5-1)11-7-3-4-8-12(10)11/h1-6H. The molecule has 1 aliphatic rings. The molecule has 0 nitrogen and oxygen atoms in total. The van der Waals surface area contributed by atoms with E-state index in [4.69, 9.17) is 0 Å². The Bertz CT molecular complexity index is 341. The third kappa shape index (κ3) is 0.578. The average molecular weight is 150 g/mol. The van der Waals surface area contributed by atoms with Gasteiger partial charge in [0.2, 0.25) is 0 Å². The summed E-state index contributed by atoms with van der Waals surface area (Å²) in [7, 11) is 0. The lowest BCUT2D eigenvalue weighted by molar-refractivity contribution is 1.51. The van der Waals surface area contributed by atoms with E-state index < -0.39 is 0 Å². The van der Waals surface area contributed by atoms with Crippen molar-refractivity contribution in [3.63, 3.8) is 0 Å². The van der Waals surface area contributed by atoms with E-state index in [2.05, 4.69) is 36.4 Å². The molecule has 12 heavy (non-hydrogen) atoms. The van der Waals surface area contributed by atoms with Gasteiger partial charge in [0.1, 0.15) is 0 Å². The zero-order valence-corrected chi connectivity index (χ0v) is 6.46. The van der Waals surface area contributed by atoms with Crippen molar-refractivity contribution in [1.29, 1.82) is 0 Å². The van der Waals surface area contributed by atoms with Crippen molar-refractivity contribution in [2.24, 2.45) is 0 Å². The zero-order chi connectivity index (χ0) is 7.97. The zero-order valence-electron chi connectivity index (χ0n) is 6.46. The molecule has 2 aromatic rings. The molecule has 0 unspecified atom stereocenters. The summed E-state index contributed by atoms with van der Waals surface area (Å²) in [5, 5.41) is 0. The molecule has 0 amide bonds. The van der Waals surface area contributed by atoms with Crippen LogP contribution in [0.25, 0.3) is 22.3 Å². The quantitative estimate of drug-likeness (QED) is 0.462. The first-order valence-electron chi connectivity index (χ1n) is 3.99. The molecule has 0 aliphatic heterocycles. The Morgan fingerprint density at radius 1 is 0.750 bits per heavy atom. The molecule has 0 atom stereocenters.